The van der Waals surface area contributed by atoms with Crippen LogP contribution in [-0.2, 0) is 0 Å². The number of amides is 1. The summed E-state index contributed by atoms with van der Waals surface area (Å²) in [6, 6.07) is 5.01. The van der Waals surface area contributed by atoms with Crippen molar-refractivity contribution in [1.82, 2.24) is 5.32 Å². The zero-order valence-electron chi connectivity index (χ0n) is 10.7. The Bertz CT molecular complexity index is 393. The van der Waals surface area contributed by atoms with Gasteiger partial charge in [0.1, 0.15) is 5.75 Å². The van der Waals surface area contributed by atoms with E-state index in [1.54, 1.807) is 25.1 Å². The number of benzene rings is 1. The minimum absolute atomic E-state index is 0.108. The highest BCUT2D eigenvalue weighted by atomic mass is 79.9. The van der Waals surface area contributed by atoms with Crippen molar-refractivity contribution >= 4 is 21.8 Å². The number of phenols is 1. The summed E-state index contributed by atoms with van der Waals surface area (Å²) in [5.41, 5.74) is 1.18. The Morgan fingerprint density at radius 1 is 1.28 bits per heavy atom. The zero-order valence-corrected chi connectivity index (χ0v) is 12.3. The molecule has 1 aromatic rings. The Labute approximate surface area is 117 Å². The summed E-state index contributed by atoms with van der Waals surface area (Å²) in [5, 5.41) is 13.5. The van der Waals surface area contributed by atoms with Gasteiger partial charge in [-0.05, 0) is 31.9 Å². The Hall–Kier alpha value is -1.03. The molecule has 1 aromatic carbocycles. The maximum Gasteiger partial charge on any atom is 0.251 e. The van der Waals surface area contributed by atoms with Crippen LogP contribution in [0.1, 0.15) is 41.6 Å². The largest absolute Gasteiger partial charge is 0.508 e. The maximum atomic E-state index is 11.9. The lowest BCUT2D eigenvalue weighted by molar-refractivity contribution is 0.0952. The van der Waals surface area contributed by atoms with Crippen LogP contribution in [0, 0.1) is 6.92 Å². The smallest absolute Gasteiger partial charge is 0.251 e. The third-order valence-corrected chi connectivity index (χ3v) is 3.46. The van der Waals surface area contributed by atoms with E-state index < -0.39 is 0 Å². The van der Waals surface area contributed by atoms with Crippen LogP contribution in [0.25, 0.3) is 0 Å². The van der Waals surface area contributed by atoms with E-state index in [1.807, 2.05) is 0 Å². The molecule has 0 aliphatic rings. The van der Waals surface area contributed by atoms with E-state index in [-0.39, 0.29) is 11.7 Å². The molecule has 0 saturated carbocycles. The fourth-order valence-corrected chi connectivity index (χ4v) is 2.14. The van der Waals surface area contributed by atoms with E-state index in [9.17, 15) is 9.90 Å². The summed E-state index contributed by atoms with van der Waals surface area (Å²) in [6.07, 6.45) is 4.49. The summed E-state index contributed by atoms with van der Waals surface area (Å²) >= 11 is 3.39. The van der Waals surface area contributed by atoms with Gasteiger partial charge in [0, 0.05) is 23.0 Å². The molecule has 0 aliphatic heterocycles. The molecule has 0 heterocycles. The maximum absolute atomic E-state index is 11.9. The fourth-order valence-electron chi connectivity index (χ4n) is 1.74. The molecule has 3 nitrogen and oxygen atoms in total. The number of phenolic OH excluding ortho intramolecular Hbond substituents is 1. The lowest BCUT2D eigenvalue weighted by atomic mass is 10.1. The quantitative estimate of drug-likeness (QED) is 0.599. The highest BCUT2D eigenvalue weighted by Gasteiger charge is 2.10. The molecular formula is C14H20BrNO2. The van der Waals surface area contributed by atoms with Crippen molar-refractivity contribution in [1.29, 1.82) is 0 Å². The van der Waals surface area contributed by atoms with Crippen LogP contribution in [0.2, 0.25) is 0 Å². The van der Waals surface area contributed by atoms with Gasteiger partial charge in [-0.3, -0.25) is 4.79 Å². The molecule has 0 unspecified atom stereocenters. The summed E-state index contributed by atoms with van der Waals surface area (Å²) in [6.45, 7) is 2.44. The van der Waals surface area contributed by atoms with Gasteiger partial charge < -0.3 is 10.4 Å². The Morgan fingerprint density at radius 2 is 2.00 bits per heavy atom. The first-order valence-electron chi connectivity index (χ1n) is 6.29. The van der Waals surface area contributed by atoms with Gasteiger partial charge in [0.15, 0.2) is 0 Å². The third kappa shape index (κ3) is 4.69. The van der Waals surface area contributed by atoms with Crippen molar-refractivity contribution in [2.45, 2.75) is 32.6 Å². The lowest BCUT2D eigenvalue weighted by Gasteiger charge is -2.08. The van der Waals surface area contributed by atoms with Gasteiger partial charge in [-0.1, -0.05) is 34.8 Å². The summed E-state index contributed by atoms with van der Waals surface area (Å²) < 4.78 is 0. The first kappa shape index (κ1) is 15.0. The van der Waals surface area contributed by atoms with Gasteiger partial charge in [-0.25, -0.2) is 0 Å². The molecule has 0 aliphatic carbocycles. The molecule has 2 N–H and O–H groups in total. The highest BCUT2D eigenvalue weighted by Crippen LogP contribution is 2.19. The highest BCUT2D eigenvalue weighted by molar-refractivity contribution is 9.09. The first-order valence-corrected chi connectivity index (χ1v) is 7.41. The fraction of sp³-hybridized carbons (Fsp3) is 0.500. The third-order valence-electron chi connectivity index (χ3n) is 2.90. The van der Waals surface area contributed by atoms with Crippen molar-refractivity contribution in [2.24, 2.45) is 0 Å². The predicted molar refractivity (Wildman–Crippen MR) is 77.4 cm³/mol. The van der Waals surface area contributed by atoms with Gasteiger partial charge in [-0.2, -0.15) is 0 Å². The number of unbranched alkanes of at least 4 members (excludes halogenated alkanes) is 3. The monoisotopic (exact) mass is 313 g/mol. The second kappa shape index (κ2) is 8.14. The van der Waals surface area contributed by atoms with Crippen LogP contribution < -0.4 is 5.32 Å². The minimum Gasteiger partial charge on any atom is -0.508 e. The van der Waals surface area contributed by atoms with Crippen LogP contribution in [-0.4, -0.2) is 22.9 Å². The molecule has 18 heavy (non-hydrogen) atoms. The number of halogens is 1. The average Bonchev–Trinajstić information content (AvgIpc) is 2.36. The summed E-state index contributed by atoms with van der Waals surface area (Å²) in [5.74, 6) is 0.0591. The van der Waals surface area contributed by atoms with E-state index in [2.05, 4.69) is 21.2 Å². The van der Waals surface area contributed by atoms with Gasteiger partial charge in [0.05, 0.1) is 0 Å². The lowest BCUT2D eigenvalue weighted by Crippen LogP contribution is -2.25. The molecule has 0 atom stereocenters. The summed E-state index contributed by atoms with van der Waals surface area (Å²) in [4.78, 5) is 11.9. The van der Waals surface area contributed by atoms with Crippen molar-refractivity contribution < 1.29 is 9.90 Å². The Kier molecular flexibility index (Phi) is 6.80. The molecule has 0 aromatic heterocycles. The molecule has 0 fully saturated rings. The van der Waals surface area contributed by atoms with Crippen molar-refractivity contribution in [3.05, 3.63) is 29.3 Å². The van der Waals surface area contributed by atoms with E-state index in [4.69, 9.17) is 0 Å². The number of alkyl halides is 1. The van der Waals surface area contributed by atoms with Crippen LogP contribution in [0.4, 0.5) is 0 Å². The van der Waals surface area contributed by atoms with Crippen LogP contribution in [0.5, 0.6) is 5.75 Å². The number of carbonyl (C=O) groups excluding carboxylic acids is 1. The van der Waals surface area contributed by atoms with Crippen molar-refractivity contribution in [2.75, 3.05) is 11.9 Å². The minimum atomic E-state index is -0.108. The molecule has 0 saturated heterocycles. The van der Waals surface area contributed by atoms with Crippen LogP contribution in [0.15, 0.2) is 18.2 Å². The second-order valence-electron chi connectivity index (χ2n) is 4.31. The molecule has 0 radical (unpaired) electrons. The molecule has 1 amide bonds. The van der Waals surface area contributed by atoms with Gasteiger partial charge >= 0.3 is 0 Å². The van der Waals surface area contributed by atoms with Gasteiger partial charge in [0.25, 0.3) is 5.91 Å². The molecule has 0 bridgehead atoms. The van der Waals surface area contributed by atoms with E-state index in [0.29, 0.717) is 17.7 Å². The predicted octanol–water partition coefficient (Wildman–Crippen LogP) is 3.39. The Balaban J connectivity index is 2.35. The van der Waals surface area contributed by atoms with Crippen molar-refractivity contribution in [3.8, 4) is 5.75 Å². The van der Waals surface area contributed by atoms with Crippen LogP contribution >= 0.6 is 15.9 Å². The first-order chi connectivity index (χ1) is 8.66. The second-order valence-corrected chi connectivity index (χ2v) is 5.10. The molecule has 0 spiro atoms. The molecule has 1 rings (SSSR count). The van der Waals surface area contributed by atoms with Crippen molar-refractivity contribution in [3.63, 3.8) is 0 Å². The number of carbonyl (C=O) groups is 1. The normalized spacial score (nSPS) is 10.3. The Morgan fingerprint density at radius 3 is 2.72 bits per heavy atom. The molecule has 100 valence electrons. The molecule has 4 heteroatoms. The number of aromatic hydroxyl groups is 1. The number of nitrogens with one attached hydrogen (secondary N) is 1. The van der Waals surface area contributed by atoms with E-state index in [1.165, 1.54) is 12.8 Å². The topological polar surface area (TPSA) is 49.3 Å². The average molecular weight is 314 g/mol. The number of hydrogen-bond acceptors (Lipinski definition) is 2. The van der Waals surface area contributed by atoms with Crippen LogP contribution in [0.3, 0.4) is 0 Å². The van der Waals surface area contributed by atoms with E-state index >= 15 is 0 Å². The van der Waals surface area contributed by atoms with Gasteiger partial charge in [-0.15, -0.1) is 0 Å². The zero-order chi connectivity index (χ0) is 13.4. The number of hydrogen-bond donors (Lipinski definition) is 2. The summed E-state index contributed by atoms with van der Waals surface area (Å²) in [7, 11) is 0. The van der Waals surface area contributed by atoms with Gasteiger partial charge in [0.2, 0.25) is 0 Å². The standard InChI is InChI=1S/C14H20BrNO2/c1-11-12(7-6-8-13(11)17)14(18)16-10-5-3-2-4-9-15/h6-8,17H,2-5,9-10H2,1H3,(H,16,18). The number of rotatable bonds is 7. The van der Waals surface area contributed by atoms with E-state index in [0.717, 1.165) is 18.2 Å². The SMILES string of the molecule is Cc1c(O)cccc1C(=O)NCCCCCCBr. The molecular weight excluding hydrogens is 294 g/mol.